The maximum Gasteiger partial charge on any atom is 0.169 e. The van der Waals surface area contributed by atoms with E-state index in [0.717, 1.165) is 16.1 Å². The third-order valence-electron chi connectivity index (χ3n) is 1.92. The second-order valence-corrected chi connectivity index (χ2v) is 5.10. The van der Waals surface area contributed by atoms with Gasteiger partial charge < -0.3 is 9.73 Å². The minimum absolute atomic E-state index is 0.700. The number of furan rings is 1. The van der Waals surface area contributed by atoms with Crippen molar-refractivity contribution < 1.29 is 4.42 Å². The Morgan fingerprint density at radius 1 is 1.27 bits per heavy atom. The molecule has 15 heavy (non-hydrogen) atoms. The summed E-state index contributed by atoms with van der Waals surface area (Å²) in [4.78, 5) is 0. The largest absolute Gasteiger partial charge is 0.452 e. The van der Waals surface area contributed by atoms with Gasteiger partial charge in [0, 0.05) is 9.26 Å². The topological polar surface area (TPSA) is 25.2 Å². The van der Waals surface area contributed by atoms with Gasteiger partial charge in [-0.25, -0.2) is 0 Å². The van der Waals surface area contributed by atoms with Gasteiger partial charge in [-0.05, 0) is 68.9 Å². The first kappa shape index (κ1) is 11.0. The van der Waals surface area contributed by atoms with Crippen LogP contribution in [0, 0.1) is 3.57 Å². The Kier molecular flexibility index (Phi) is 3.69. The molecule has 0 bridgehead atoms. The number of anilines is 1. The van der Waals surface area contributed by atoms with E-state index < -0.39 is 0 Å². The molecule has 0 aliphatic carbocycles. The number of hydrogen-bond acceptors (Lipinski definition) is 2. The highest BCUT2D eigenvalue weighted by Gasteiger charge is 1.99. The molecule has 1 heterocycles. The Morgan fingerprint density at radius 2 is 2.13 bits per heavy atom. The summed E-state index contributed by atoms with van der Waals surface area (Å²) in [6, 6.07) is 12.1. The van der Waals surface area contributed by atoms with Crippen LogP contribution in [-0.2, 0) is 6.54 Å². The molecule has 1 N–H and O–H groups in total. The van der Waals surface area contributed by atoms with E-state index in [4.69, 9.17) is 4.42 Å². The Morgan fingerprint density at radius 3 is 2.80 bits per heavy atom. The zero-order valence-electron chi connectivity index (χ0n) is 7.84. The number of nitrogens with one attached hydrogen (secondary N) is 1. The monoisotopic (exact) mass is 377 g/mol. The van der Waals surface area contributed by atoms with Crippen LogP contribution < -0.4 is 5.32 Å². The molecule has 0 unspecified atom stereocenters. The molecule has 0 radical (unpaired) electrons. The van der Waals surface area contributed by atoms with Gasteiger partial charge in [0.25, 0.3) is 0 Å². The SMILES string of the molecule is Brc1ccc(CNc2cccc(I)c2)o1. The second kappa shape index (κ2) is 5.03. The van der Waals surface area contributed by atoms with Crippen molar-refractivity contribution in [2.24, 2.45) is 0 Å². The van der Waals surface area contributed by atoms with Gasteiger partial charge in [-0.1, -0.05) is 6.07 Å². The van der Waals surface area contributed by atoms with E-state index in [0.29, 0.717) is 6.54 Å². The summed E-state index contributed by atoms with van der Waals surface area (Å²) >= 11 is 5.57. The summed E-state index contributed by atoms with van der Waals surface area (Å²) in [5, 5.41) is 3.30. The molecule has 0 saturated heterocycles. The summed E-state index contributed by atoms with van der Waals surface area (Å²) in [5.41, 5.74) is 1.11. The fraction of sp³-hybridized carbons (Fsp3) is 0.0909. The standard InChI is InChI=1S/C11H9BrINO/c12-11-5-4-10(15-11)7-14-9-3-1-2-8(13)6-9/h1-6,14H,7H2. The van der Waals surface area contributed by atoms with Gasteiger partial charge in [0.1, 0.15) is 5.76 Å². The van der Waals surface area contributed by atoms with Crippen molar-refractivity contribution in [1.29, 1.82) is 0 Å². The summed E-state index contributed by atoms with van der Waals surface area (Å²) in [7, 11) is 0. The fourth-order valence-electron chi connectivity index (χ4n) is 1.23. The van der Waals surface area contributed by atoms with Gasteiger partial charge in [0.05, 0.1) is 6.54 Å². The van der Waals surface area contributed by atoms with Crippen LogP contribution in [0.5, 0.6) is 0 Å². The lowest BCUT2D eigenvalue weighted by atomic mass is 10.3. The highest BCUT2D eigenvalue weighted by atomic mass is 127. The van der Waals surface area contributed by atoms with Crippen LogP contribution in [0.4, 0.5) is 5.69 Å². The number of halogens is 2. The molecule has 0 aliphatic rings. The van der Waals surface area contributed by atoms with Crippen molar-refractivity contribution in [3.8, 4) is 0 Å². The van der Waals surface area contributed by atoms with Crippen molar-refractivity contribution in [2.75, 3.05) is 5.32 Å². The van der Waals surface area contributed by atoms with E-state index in [2.05, 4.69) is 56.0 Å². The van der Waals surface area contributed by atoms with Gasteiger partial charge in [-0.15, -0.1) is 0 Å². The first-order chi connectivity index (χ1) is 7.24. The van der Waals surface area contributed by atoms with E-state index in [9.17, 15) is 0 Å². The van der Waals surface area contributed by atoms with Crippen molar-refractivity contribution in [3.05, 3.63) is 50.4 Å². The van der Waals surface area contributed by atoms with Gasteiger partial charge in [0.15, 0.2) is 4.67 Å². The summed E-state index contributed by atoms with van der Waals surface area (Å²) in [5.74, 6) is 0.917. The predicted molar refractivity (Wildman–Crippen MR) is 72.9 cm³/mol. The Bertz CT molecular complexity index is 455. The van der Waals surface area contributed by atoms with Crippen LogP contribution in [0.1, 0.15) is 5.76 Å². The van der Waals surface area contributed by atoms with Gasteiger partial charge in [-0.2, -0.15) is 0 Å². The van der Waals surface area contributed by atoms with Crippen molar-refractivity contribution in [1.82, 2.24) is 0 Å². The molecule has 0 fully saturated rings. The molecule has 78 valence electrons. The van der Waals surface area contributed by atoms with Crippen molar-refractivity contribution in [3.63, 3.8) is 0 Å². The highest BCUT2D eigenvalue weighted by Crippen LogP contribution is 2.17. The maximum absolute atomic E-state index is 5.39. The Balaban J connectivity index is 1.99. The third kappa shape index (κ3) is 3.24. The molecule has 2 nitrogen and oxygen atoms in total. The minimum Gasteiger partial charge on any atom is -0.452 e. The van der Waals surface area contributed by atoms with Crippen LogP contribution in [0.25, 0.3) is 0 Å². The lowest BCUT2D eigenvalue weighted by Crippen LogP contribution is -1.97. The molecular formula is C11H9BrINO. The zero-order valence-corrected chi connectivity index (χ0v) is 11.6. The third-order valence-corrected chi connectivity index (χ3v) is 3.02. The Hall–Kier alpha value is -0.490. The molecule has 1 aromatic carbocycles. The quantitative estimate of drug-likeness (QED) is 0.808. The molecule has 0 aliphatic heterocycles. The number of rotatable bonds is 3. The summed E-state index contributed by atoms with van der Waals surface area (Å²) < 4.78 is 7.37. The summed E-state index contributed by atoms with van der Waals surface area (Å²) in [6.45, 7) is 0.700. The van der Waals surface area contributed by atoms with E-state index in [1.807, 2.05) is 24.3 Å². The number of benzene rings is 1. The summed E-state index contributed by atoms with van der Waals surface area (Å²) in [6.07, 6.45) is 0. The lowest BCUT2D eigenvalue weighted by Gasteiger charge is -2.04. The van der Waals surface area contributed by atoms with Crippen LogP contribution >= 0.6 is 38.5 Å². The molecule has 0 saturated carbocycles. The average molecular weight is 378 g/mol. The highest BCUT2D eigenvalue weighted by molar-refractivity contribution is 14.1. The van der Waals surface area contributed by atoms with Crippen LogP contribution in [0.3, 0.4) is 0 Å². The molecule has 2 aromatic rings. The average Bonchev–Trinajstić information content (AvgIpc) is 2.62. The van der Waals surface area contributed by atoms with E-state index in [-0.39, 0.29) is 0 Å². The fourth-order valence-corrected chi connectivity index (χ4v) is 2.12. The molecule has 0 amide bonds. The molecule has 1 aromatic heterocycles. The maximum atomic E-state index is 5.39. The van der Waals surface area contributed by atoms with Crippen LogP contribution in [-0.4, -0.2) is 0 Å². The predicted octanol–water partition coefficient (Wildman–Crippen LogP) is 4.26. The van der Waals surface area contributed by atoms with Crippen molar-refractivity contribution in [2.45, 2.75) is 6.54 Å². The molecule has 0 spiro atoms. The first-order valence-corrected chi connectivity index (χ1v) is 6.35. The minimum atomic E-state index is 0.700. The van der Waals surface area contributed by atoms with E-state index >= 15 is 0 Å². The van der Waals surface area contributed by atoms with Gasteiger partial charge in [-0.3, -0.25) is 0 Å². The van der Waals surface area contributed by atoms with Gasteiger partial charge in [0.2, 0.25) is 0 Å². The zero-order chi connectivity index (χ0) is 10.7. The first-order valence-electron chi connectivity index (χ1n) is 4.48. The van der Waals surface area contributed by atoms with E-state index in [1.165, 1.54) is 3.57 Å². The normalized spacial score (nSPS) is 10.3. The number of hydrogen-bond donors (Lipinski definition) is 1. The molecular weight excluding hydrogens is 369 g/mol. The van der Waals surface area contributed by atoms with E-state index in [1.54, 1.807) is 0 Å². The van der Waals surface area contributed by atoms with Gasteiger partial charge >= 0.3 is 0 Å². The lowest BCUT2D eigenvalue weighted by molar-refractivity contribution is 0.495. The van der Waals surface area contributed by atoms with Crippen molar-refractivity contribution >= 4 is 44.2 Å². The van der Waals surface area contributed by atoms with Crippen LogP contribution in [0.2, 0.25) is 0 Å². The molecule has 4 heteroatoms. The smallest absolute Gasteiger partial charge is 0.169 e. The van der Waals surface area contributed by atoms with Crippen LogP contribution in [0.15, 0.2) is 45.5 Å². The Labute approximate surface area is 110 Å². The second-order valence-electron chi connectivity index (χ2n) is 3.07. The molecule has 0 atom stereocenters. The molecule has 2 rings (SSSR count).